The largest absolute Gasteiger partial charge is 0.383 e. The quantitative estimate of drug-likeness (QED) is 0.615. The number of carbonyl (C=O) groups excluding carboxylic acids is 1. The summed E-state index contributed by atoms with van der Waals surface area (Å²) in [7, 11) is 1.62. The normalized spacial score (nSPS) is 10.9. The molecule has 0 aliphatic heterocycles. The molecule has 0 spiro atoms. The molecule has 0 saturated carbocycles. The number of hydrogen-bond acceptors (Lipinski definition) is 4. The van der Waals surface area contributed by atoms with Gasteiger partial charge in [-0.2, -0.15) is 5.10 Å². The number of ether oxygens (including phenoxy) is 1. The standard InChI is InChI=1S/C11H9Br3N2O2S/c1-18-3-2-16-9(7(12)5-15-16)10(17)6-4-8(13)19-11(6)14/h4-5H,2-3H2,1H3. The Morgan fingerprint density at radius 1 is 1.47 bits per heavy atom. The Labute approximate surface area is 139 Å². The van der Waals surface area contributed by atoms with Crippen molar-refractivity contribution in [2.75, 3.05) is 13.7 Å². The lowest BCUT2D eigenvalue weighted by Gasteiger charge is -2.06. The fourth-order valence-corrected chi connectivity index (χ4v) is 4.83. The molecular formula is C11H9Br3N2O2S. The Bertz CT molecular complexity index is 609. The van der Waals surface area contributed by atoms with Gasteiger partial charge in [0.1, 0.15) is 5.69 Å². The van der Waals surface area contributed by atoms with Gasteiger partial charge in [0.15, 0.2) is 0 Å². The van der Waals surface area contributed by atoms with Gasteiger partial charge in [0.05, 0.1) is 37.0 Å². The van der Waals surface area contributed by atoms with Gasteiger partial charge in [0.2, 0.25) is 5.78 Å². The van der Waals surface area contributed by atoms with Crippen LogP contribution in [-0.2, 0) is 11.3 Å². The maximum absolute atomic E-state index is 12.6. The third-order valence-corrected chi connectivity index (χ3v) is 5.34. The van der Waals surface area contributed by atoms with E-state index in [9.17, 15) is 4.79 Å². The molecule has 0 aromatic carbocycles. The SMILES string of the molecule is COCCn1ncc(Br)c1C(=O)c1cc(Br)sc1Br. The molecule has 2 aromatic rings. The van der Waals surface area contributed by atoms with Gasteiger partial charge in [-0.3, -0.25) is 9.48 Å². The molecule has 0 atom stereocenters. The lowest BCUT2D eigenvalue weighted by Crippen LogP contribution is -2.14. The maximum atomic E-state index is 12.6. The van der Waals surface area contributed by atoms with E-state index < -0.39 is 0 Å². The van der Waals surface area contributed by atoms with Gasteiger partial charge < -0.3 is 4.74 Å². The summed E-state index contributed by atoms with van der Waals surface area (Å²) in [5, 5.41) is 4.18. The summed E-state index contributed by atoms with van der Waals surface area (Å²) in [5.41, 5.74) is 1.15. The van der Waals surface area contributed by atoms with Crippen LogP contribution in [0.1, 0.15) is 16.1 Å². The van der Waals surface area contributed by atoms with Crippen molar-refractivity contribution in [1.82, 2.24) is 9.78 Å². The van der Waals surface area contributed by atoms with Crippen molar-refractivity contribution in [2.45, 2.75) is 6.54 Å². The van der Waals surface area contributed by atoms with E-state index in [0.29, 0.717) is 28.9 Å². The average molecular weight is 473 g/mol. The second-order valence-corrected chi connectivity index (χ2v) is 8.23. The number of ketones is 1. The van der Waals surface area contributed by atoms with Crippen LogP contribution in [0.4, 0.5) is 0 Å². The number of nitrogens with zero attached hydrogens (tertiary/aromatic N) is 2. The Hall–Kier alpha value is -0.0200. The summed E-state index contributed by atoms with van der Waals surface area (Å²) >= 11 is 11.6. The Morgan fingerprint density at radius 2 is 2.21 bits per heavy atom. The van der Waals surface area contributed by atoms with Gasteiger partial charge in [-0.1, -0.05) is 0 Å². The molecule has 0 radical (unpaired) electrons. The molecule has 0 aliphatic carbocycles. The lowest BCUT2D eigenvalue weighted by atomic mass is 10.1. The zero-order valence-electron chi connectivity index (χ0n) is 9.82. The molecule has 2 rings (SSSR count). The van der Waals surface area contributed by atoms with Crippen molar-refractivity contribution in [3.05, 3.63) is 35.6 Å². The highest BCUT2D eigenvalue weighted by molar-refractivity contribution is 9.12. The molecule has 0 fully saturated rings. The van der Waals surface area contributed by atoms with Crippen LogP contribution < -0.4 is 0 Å². The molecular weight excluding hydrogens is 464 g/mol. The first-order chi connectivity index (χ1) is 9.04. The van der Waals surface area contributed by atoms with Crippen LogP contribution in [0, 0.1) is 0 Å². The van der Waals surface area contributed by atoms with Gasteiger partial charge in [0.25, 0.3) is 0 Å². The van der Waals surface area contributed by atoms with Gasteiger partial charge in [-0.15, -0.1) is 11.3 Å². The summed E-state index contributed by atoms with van der Waals surface area (Å²) < 4.78 is 9.06. The molecule has 8 heteroatoms. The number of thiophene rings is 1. The van der Waals surface area contributed by atoms with Crippen molar-refractivity contribution >= 4 is 64.9 Å². The minimum Gasteiger partial charge on any atom is -0.383 e. The van der Waals surface area contributed by atoms with E-state index in [1.807, 2.05) is 0 Å². The molecule has 0 amide bonds. The molecule has 0 N–H and O–H groups in total. The first kappa shape index (κ1) is 15.4. The van der Waals surface area contributed by atoms with Crippen molar-refractivity contribution in [3.63, 3.8) is 0 Å². The molecule has 0 unspecified atom stereocenters. The number of hydrogen-bond donors (Lipinski definition) is 0. The van der Waals surface area contributed by atoms with Crippen LogP contribution in [0.3, 0.4) is 0 Å². The summed E-state index contributed by atoms with van der Waals surface area (Å²) in [5.74, 6) is -0.0747. The van der Waals surface area contributed by atoms with Crippen LogP contribution >= 0.6 is 59.1 Å². The lowest BCUT2D eigenvalue weighted by molar-refractivity contribution is 0.102. The Kier molecular flexibility index (Phi) is 5.36. The molecule has 2 heterocycles. The third-order valence-electron chi connectivity index (χ3n) is 2.42. The predicted octanol–water partition coefficient (Wildman–Crippen LogP) is 4.11. The van der Waals surface area contributed by atoms with Crippen molar-refractivity contribution in [1.29, 1.82) is 0 Å². The molecule has 0 saturated heterocycles. The fraction of sp³-hybridized carbons (Fsp3) is 0.273. The molecule has 4 nitrogen and oxygen atoms in total. The van der Waals surface area contributed by atoms with Crippen LogP contribution in [-0.4, -0.2) is 29.3 Å². The molecule has 0 aliphatic rings. The Morgan fingerprint density at radius 3 is 2.79 bits per heavy atom. The van der Waals surface area contributed by atoms with Gasteiger partial charge >= 0.3 is 0 Å². The van der Waals surface area contributed by atoms with Crippen LogP contribution in [0.15, 0.2) is 24.3 Å². The van der Waals surface area contributed by atoms with E-state index in [0.717, 1.165) is 7.57 Å². The summed E-state index contributed by atoms with van der Waals surface area (Å²) in [4.78, 5) is 12.6. The topological polar surface area (TPSA) is 44.1 Å². The minimum atomic E-state index is -0.0747. The van der Waals surface area contributed by atoms with E-state index >= 15 is 0 Å². The number of methoxy groups -OCH3 is 1. The maximum Gasteiger partial charge on any atom is 0.214 e. The number of rotatable bonds is 5. The highest BCUT2D eigenvalue weighted by Crippen LogP contribution is 2.34. The van der Waals surface area contributed by atoms with Gasteiger partial charge in [0, 0.05) is 7.11 Å². The summed E-state index contributed by atoms with van der Waals surface area (Å²) in [6.45, 7) is 1.04. The monoisotopic (exact) mass is 470 g/mol. The molecule has 102 valence electrons. The van der Waals surface area contributed by atoms with E-state index in [-0.39, 0.29) is 5.78 Å². The fourth-order valence-electron chi connectivity index (χ4n) is 1.56. The number of aromatic nitrogens is 2. The van der Waals surface area contributed by atoms with Gasteiger partial charge in [-0.25, -0.2) is 0 Å². The zero-order chi connectivity index (χ0) is 14.0. The molecule has 0 bridgehead atoms. The number of carbonyl (C=O) groups is 1. The number of halogens is 3. The minimum absolute atomic E-state index is 0.0747. The van der Waals surface area contributed by atoms with Crippen molar-refractivity contribution in [2.24, 2.45) is 0 Å². The van der Waals surface area contributed by atoms with Gasteiger partial charge in [-0.05, 0) is 53.9 Å². The summed E-state index contributed by atoms with van der Waals surface area (Å²) in [6, 6.07) is 1.80. The van der Waals surface area contributed by atoms with Crippen LogP contribution in [0.2, 0.25) is 0 Å². The molecule has 19 heavy (non-hydrogen) atoms. The first-order valence-electron chi connectivity index (χ1n) is 5.24. The predicted molar refractivity (Wildman–Crippen MR) is 85.0 cm³/mol. The smallest absolute Gasteiger partial charge is 0.214 e. The first-order valence-corrected chi connectivity index (χ1v) is 8.44. The van der Waals surface area contributed by atoms with E-state index in [2.05, 4.69) is 52.9 Å². The van der Waals surface area contributed by atoms with Crippen LogP contribution in [0.5, 0.6) is 0 Å². The second kappa shape index (κ2) is 6.62. The Balaban J connectivity index is 2.38. The average Bonchev–Trinajstić information content (AvgIpc) is 2.89. The highest BCUT2D eigenvalue weighted by atomic mass is 79.9. The van der Waals surface area contributed by atoms with Crippen LogP contribution in [0.25, 0.3) is 0 Å². The van der Waals surface area contributed by atoms with E-state index in [1.54, 1.807) is 24.1 Å². The molecule has 2 aromatic heterocycles. The third kappa shape index (κ3) is 3.36. The van der Waals surface area contributed by atoms with Crippen molar-refractivity contribution < 1.29 is 9.53 Å². The second-order valence-electron chi connectivity index (χ2n) is 3.62. The zero-order valence-corrected chi connectivity index (χ0v) is 15.4. The van der Waals surface area contributed by atoms with Crippen molar-refractivity contribution in [3.8, 4) is 0 Å². The highest BCUT2D eigenvalue weighted by Gasteiger charge is 2.22. The summed E-state index contributed by atoms with van der Waals surface area (Å²) in [6.07, 6.45) is 1.62. The van der Waals surface area contributed by atoms with E-state index in [4.69, 9.17) is 4.74 Å². The van der Waals surface area contributed by atoms with E-state index in [1.165, 1.54) is 11.3 Å².